The highest BCUT2D eigenvalue weighted by atomic mass is 32.2. The number of sulfonamides is 1. The average Bonchev–Trinajstić information content (AvgIpc) is 2.87. The van der Waals surface area contributed by atoms with E-state index in [1.54, 1.807) is 6.92 Å². The van der Waals surface area contributed by atoms with Crippen LogP contribution < -0.4 is 9.62 Å². The van der Waals surface area contributed by atoms with Gasteiger partial charge in [-0.25, -0.2) is 12.7 Å². The fourth-order valence-electron chi connectivity index (χ4n) is 3.51. The Hall–Kier alpha value is -1.97. The van der Waals surface area contributed by atoms with E-state index in [0.29, 0.717) is 25.3 Å². The number of benzene rings is 1. The van der Waals surface area contributed by atoms with Gasteiger partial charge in [0.2, 0.25) is 15.9 Å². The summed E-state index contributed by atoms with van der Waals surface area (Å²) in [6.45, 7) is 9.26. The summed E-state index contributed by atoms with van der Waals surface area (Å²) in [6, 6.07) is 6.07. The van der Waals surface area contributed by atoms with Gasteiger partial charge in [-0.1, -0.05) is 6.92 Å². The summed E-state index contributed by atoms with van der Waals surface area (Å²) >= 11 is 0. The molecule has 154 valence electrons. The van der Waals surface area contributed by atoms with Crippen LogP contribution in [0.5, 0.6) is 0 Å². The molecule has 2 amide bonds. The van der Waals surface area contributed by atoms with Gasteiger partial charge in [-0.3, -0.25) is 14.5 Å². The number of ether oxygens (including phenoxy) is 1. The Balaban J connectivity index is 1.65. The van der Waals surface area contributed by atoms with Gasteiger partial charge in [-0.15, -0.1) is 0 Å². The maximum absolute atomic E-state index is 12.5. The van der Waals surface area contributed by atoms with Crippen LogP contribution >= 0.6 is 0 Å². The first-order valence-corrected chi connectivity index (χ1v) is 11.0. The van der Waals surface area contributed by atoms with Crippen molar-refractivity contribution in [2.24, 2.45) is 5.92 Å². The molecule has 1 aromatic rings. The fourth-order valence-corrected chi connectivity index (χ4v) is 5.33. The minimum absolute atomic E-state index is 0.190. The van der Waals surface area contributed by atoms with E-state index in [4.69, 9.17) is 4.74 Å². The number of nitrogens with one attached hydrogen (secondary N) is 1. The van der Waals surface area contributed by atoms with E-state index in [2.05, 4.69) is 24.1 Å². The molecule has 1 atom stereocenters. The van der Waals surface area contributed by atoms with E-state index in [0.717, 1.165) is 17.4 Å². The second-order valence-electron chi connectivity index (χ2n) is 7.92. The Labute approximate surface area is 165 Å². The molecular formula is C19H27N3O5S. The lowest BCUT2D eigenvalue weighted by atomic mass is 10.0. The number of amides is 2. The molecule has 2 aliphatic rings. The van der Waals surface area contributed by atoms with Crippen LogP contribution in [0.25, 0.3) is 0 Å². The molecule has 0 saturated carbocycles. The van der Waals surface area contributed by atoms with E-state index >= 15 is 0 Å². The SMILES string of the molecule is CC1CS(=O)(=O)N(c2ccc(C(=O)NCC(C)(C)N3CCOCC3)cc2)C1=O. The molecule has 0 aliphatic carbocycles. The zero-order chi connectivity index (χ0) is 20.5. The molecule has 28 heavy (non-hydrogen) atoms. The number of anilines is 1. The van der Waals surface area contributed by atoms with Gasteiger partial charge in [0.15, 0.2) is 0 Å². The molecule has 1 unspecified atom stereocenters. The van der Waals surface area contributed by atoms with E-state index < -0.39 is 21.8 Å². The predicted molar refractivity (Wildman–Crippen MR) is 106 cm³/mol. The number of carbonyl (C=O) groups is 2. The molecule has 0 bridgehead atoms. The lowest BCUT2D eigenvalue weighted by Gasteiger charge is -2.40. The van der Waals surface area contributed by atoms with Crippen molar-refractivity contribution < 1.29 is 22.7 Å². The van der Waals surface area contributed by atoms with Crippen molar-refractivity contribution in [2.75, 3.05) is 42.9 Å². The van der Waals surface area contributed by atoms with Gasteiger partial charge in [0.05, 0.1) is 30.6 Å². The smallest absolute Gasteiger partial charge is 0.251 e. The molecule has 2 heterocycles. The molecule has 0 aromatic heterocycles. The summed E-state index contributed by atoms with van der Waals surface area (Å²) in [6.07, 6.45) is 0. The Morgan fingerprint density at radius 1 is 1.21 bits per heavy atom. The molecule has 0 spiro atoms. The van der Waals surface area contributed by atoms with Crippen LogP contribution in [0.4, 0.5) is 5.69 Å². The van der Waals surface area contributed by atoms with Gasteiger partial charge >= 0.3 is 0 Å². The van der Waals surface area contributed by atoms with Gasteiger partial charge in [0.25, 0.3) is 5.91 Å². The molecule has 2 aliphatic heterocycles. The minimum Gasteiger partial charge on any atom is -0.379 e. The maximum Gasteiger partial charge on any atom is 0.251 e. The van der Waals surface area contributed by atoms with Gasteiger partial charge in [0, 0.05) is 30.7 Å². The minimum atomic E-state index is -3.65. The first kappa shape index (κ1) is 20.8. The van der Waals surface area contributed by atoms with Crippen LogP contribution in [0.2, 0.25) is 0 Å². The molecule has 9 heteroatoms. The average molecular weight is 410 g/mol. The van der Waals surface area contributed by atoms with Gasteiger partial charge in [-0.2, -0.15) is 0 Å². The van der Waals surface area contributed by atoms with E-state index in [1.165, 1.54) is 24.3 Å². The fraction of sp³-hybridized carbons (Fsp3) is 0.579. The van der Waals surface area contributed by atoms with E-state index in [-0.39, 0.29) is 22.9 Å². The van der Waals surface area contributed by atoms with Gasteiger partial charge in [-0.05, 0) is 38.1 Å². The molecule has 8 nitrogen and oxygen atoms in total. The van der Waals surface area contributed by atoms with Crippen molar-refractivity contribution in [2.45, 2.75) is 26.3 Å². The summed E-state index contributed by atoms with van der Waals surface area (Å²) in [7, 11) is -3.65. The molecule has 0 radical (unpaired) electrons. The second-order valence-corrected chi connectivity index (χ2v) is 9.79. The summed E-state index contributed by atoms with van der Waals surface area (Å²) < 4.78 is 30.6. The summed E-state index contributed by atoms with van der Waals surface area (Å²) in [5, 5.41) is 2.94. The Kier molecular flexibility index (Phi) is 5.79. The standard InChI is InChI=1S/C19H27N3O5S/c1-14-12-28(25,26)22(18(14)24)16-6-4-15(5-7-16)17(23)20-13-19(2,3)21-8-10-27-11-9-21/h4-7,14H,8-13H2,1-3H3,(H,20,23). The number of morpholine rings is 1. The quantitative estimate of drug-likeness (QED) is 0.774. The Morgan fingerprint density at radius 3 is 2.36 bits per heavy atom. The summed E-state index contributed by atoms with van der Waals surface area (Å²) in [5.74, 6) is -1.43. The number of nitrogens with zero attached hydrogens (tertiary/aromatic N) is 2. The number of rotatable bonds is 5. The zero-order valence-electron chi connectivity index (χ0n) is 16.5. The van der Waals surface area contributed by atoms with Crippen molar-refractivity contribution in [3.8, 4) is 0 Å². The maximum atomic E-state index is 12.5. The van der Waals surface area contributed by atoms with Crippen molar-refractivity contribution >= 4 is 27.5 Å². The number of carbonyl (C=O) groups excluding carboxylic acids is 2. The first-order valence-electron chi connectivity index (χ1n) is 9.40. The third-order valence-electron chi connectivity index (χ3n) is 5.27. The van der Waals surface area contributed by atoms with Crippen LogP contribution in [-0.4, -0.2) is 69.3 Å². The van der Waals surface area contributed by atoms with Crippen LogP contribution in [0, 0.1) is 5.92 Å². The molecular weight excluding hydrogens is 382 g/mol. The number of hydrogen-bond donors (Lipinski definition) is 1. The van der Waals surface area contributed by atoms with Crippen molar-refractivity contribution in [3.05, 3.63) is 29.8 Å². The lowest BCUT2D eigenvalue weighted by Crippen LogP contribution is -2.55. The van der Waals surface area contributed by atoms with Crippen LogP contribution in [-0.2, 0) is 19.6 Å². The van der Waals surface area contributed by atoms with Gasteiger partial charge in [0.1, 0.15) is 0 Å². The monoisotopic (exact) mass is 409 g/mol. The first-order chi connectivity index (χ1) is 13.1. The van der Waals surface area contributed by atoms with Crippen LogP contribution in [0.1, 0.15) is 31.1 Å². The van der Waals surface area contributed by atoms with E-state index in [1.807, 2.05) is 0 Å². The third kappa shape index (κ3) is 4.21. The largest absolute Gasteiger partial charge is 0.379 e. The van der Waals surface area contributed by atoms with E-state index in [9.17, 15) is 18.0 Å². The number of hydrogen-bond acceptors (Lipinski definition) is 6. The summed E-state index contributed by atoms with van der Waals surface area (Å²) in [5.41, 5.74) is 0.476. The normalized spacial score (nSPS) is 23.0. The highest BCUT2D eigenvalue weighted by Gasteiger charge is 2.41. The highest BCUT2D eigenvalue weighted by molar-refractivity contribution is 7.94. The van der Waals surface area contributed by atoms with Gasteiger partial charge < -0.3 is 10.1 Å². The Bertz CT molecular complexity index is 845. The van der Waals surface area contributed by atoms with Crippen molar-refractivity contribution in [3.63, 3.8) is 0 Å². The molecule has 2 saturated heterocycles. The predicted octanol–water partition coefficient (Wildman–Crippen LogP) is 0.840. The van der Waals surface area contributed by atoms with Crippen molar-refractivity contribution in [1.82, 2.24) is 10.2 Å². The lowest BCUT2D eigenvalue weighted by molar-refractivity contribution is -0.119. The zero-order valence-corrected chi connectivity index (χ0v) is 17.3. The van der Waals surface area contributed by atoms with Crippen LogP contribution in [0.15, 0.2) is 24.3 Å². The molecule has 3 rings (SSSR count). The second kappa shape index (κ2) is 7.81. The summed E-state index contributed by atoms with van der Waals surface area (Å²) in [4.78, 5) is 26.9. The third-order valence-corrected chi connectivity index (χ3v) is 7.14. The molecule has 1 aromatic carbocycles. The highest BCUT2D eigenvalue weighted by Crippen LogP contribution is 2.28. The molecule has 1 N–H and O–H groups in total. The van der Waals surface area contributed by atoms with Crippen LogP contribution in [0.3, 0.4) is 0 Å². The topological polar surface area (TPSA) is 96.0 Å². The molecule has 2 fully saturated rings. The Morgan fingerprint density at radius 2 is 1.82 bits per heavy atom. The van der Waals surface area contributed by atoms with Crippen molar-refractivity contribution in [1.29, 1.82) is 0 Å².